The maximum Gasteiger partial charge on any atom is 0.165 e. The van der Waals surface area contributed by atoms with Crippen molar-refractivity contribution in [3.8, 4) is 17.0 Å². The second-order valence-electron chi connectivity index (χ2n) is 3.91. The molecule has 1 N–H and O–H groups in total. The molecular weight excluding hydrogens is 247 g/mol. The molecule has 1 heterocycles. The van der Waals surface area contributed by atoms with Gasteiger partial charge in [-0.25, -0.2) is 14.4 Å². The number of aromatic nitrogens is 2. The van der Waals surface area contributed by atoms with Crippen molar-refractivity contribution < 1.29 is 14.2 Å². The highest BCUT2D eigenvalue weighted by atomic mass is 19.1. The lowest BCUT2D eigenvalue weighted by Crippen LogP contribution is -2.00. The Labute approximate surface area is 110 Å². The van der Waals surface area contributed by atoms with Crippen molar-refractivity contribution in [1.29, 1.82) is 0 Å². The lowest BCUT2D eigenvalue weighted by molar-refractivity contribution is 0.296. The molecule has 5 heteroatoms. The second-order valence-corrected chi connectivity index (χ2v) is 3.91. The molecular formula is C14H15FN2O2. The van der Waals surface area contributed by atoms with E-state index in [1.54, 1.807) is 31.3 Å². The maximum atomic E-state index is 13.8. The van der Waals surface area contributed by atoms with E-state index >= 15 is 0 Å². The van der Waals surface area contributed by atoms with E-state index in [1.807, 2.05) is 0 Å². The first-order chi connectivity index (χ1) is 9.24. The number of aliphatic hydroxyl groups excluding tert-OH is 1. The summed E-state index contributed by atoms with van der Waals surface area (Å²) in [6.45, 7) is 2.21. The molecule has 2 rings (SSSR count). The average molecular weight is 262 g/mol. The Bertz CT molecular complexity index is 561. The molecule has 0 spiro atoms. The standard InChI is InChI=1S/C14H15FN2O2/c1-2-19-13-4-3-10(9-11(13)15)12-5-7-16-14(17-12)6-8-18/h3-5,7,9,18H,2,6,8H2,1H3. The van der Waals surface area contributed by atoms with Crippen LogP contribution >= 0.6 is 0 Å². The first kappa shape index (κ1) is 13.4. The zero-order valence-corrected chi connectivity index (χ0v) is 10.6. The minimum absolute atomic E-state index is 0.0128. The van der Waals surface area contributed by atoms with Crippen LogP contribution in [0.15, 0.2) is 30.5 Å². The van der Waals surface area contributed by atoms with Gasteiger partial charge in [0.2, 0.25) is 0 Å². The van der Waals surface area contributed by atoms with E-state index in [2.05, 4.69) is 9.97 Å². The second kappa shape index (κ2) is 6.24. The summed E-state index contributed by atoms with van der Waals surface area (Å²) < 4.78 is 18.9. The van der Waals surface area contributed by atoms with E-state index in [0.717, 1.165) is 0 Å². The molecule has 0 amide bonds. The number of hydrogen-bond acceptors (Lipinski definition) is 4. The van der Waals surface area contributed by atoms with Crippen molar-refractivity contribution in [2.24, 2.45) is 0 Å². The number of halogens is 1. The molecule has 0 bridgehead atoms. The SMILES string of the molecule is CCOc1ccc(-c2ccnc(CCO)n2)cc1F. The molecule has 0 saturated carbocycles. The Kier molecular flexibility index (Phi) is 4.41. The summed E-state index contributed by atoms with van der Waals surface area (Å²) in [5.41, 5.74) is 1.28. The highest BCUT2D eigenvalue weighted by molar-refractivity contribution is 5.60. The van der Waals surface area contributed by atoms with Crippen LogP contribution in [-0.4, -0.2) is 28.3 Å². The summed E-state index contributed by atoms with van der Waals surface area (Å²) in [5.74, 6) is 0.354. The van der Waals surface area contributed by atoms with Crippen LogP contribution in [0.3, 0.4) is 0 Å². The van der Waals surface area contributed by atoms with Gasteiger partial charge in [-0.05, 0) is 31.2 Å². The summed E-state index contributed by atoms with van der Waals surface area (Å²) in [7, 11) is 0. The molecule has 0 radical (unpaired) electrons. The minimum Gasteiger partial charge on any atom is -0.491 e. The van der Waals surface area contributed by atoms with E-state index in [1.165, 1.54) is 6.07 Å². The normalized spacial score (nSPS) is 10.5. The van der Waals surface area contributed by atoms with Gasteiger partial charge in [0.15, 0.2) is 11.6 Å². The lowest BCUT2D eigenvalue weighted by atomic mass is 10.1. The van der Waals surface area contributed by atoms with E-state index < -0.39 is 5.82 Å². The van der Waals surface area contributed by atoms with Crippen LogP contribution in [0, 0.1) is 5.82 Å². The summed E-state index contributed by atoms with van der Waals surface area (Å²) in [6, 6.07) is 6.42. The third-order valence-corrected chi connectivity index (χ3v) is 2.57. The van der Waals surface area contributed by atoms with Gasteiger partial charge in [-0.1, -0.05) is 0 Å². The average Bonchev–Trinajstić information content (AvgIpc) is 2.42. The van der Waals surface area contributed by atoms with Gasteiger partial charge in [0.1, 0.15) is 5.82 Å². The first-order valence-corrected chi connectivity index (χ1v) is 6.10. The lowest BCUT2D eigenvalue weighted by Gasteiger charge is -2.07. The molecule has 1 aromatic heterocycles. The van der Waals surface area contributed by atoms with E-state index in [4.69, 9.17) is 9.84 Å². The highest BCUT2D eigenvalue weighted by Gasteiger charge is 2.07. The number of aliphatic hydroxyl groups is 1. The summed E-state index contributed by atoms with van der Waals surface area (Å²) >= 11 is 0. The molecule has 0 unspecified atom stereocenters. The molecule has 0 fully saturated rings. The largest absolute Gasteiger partial charge is 0.491 e. The quantitative estimate of drug-likeness (QED) is 0.897. The fourth-order valence-corrected chi connectivity index (χ4v) is 1.71. The van der Waals surface area contributed by atoms with E-state index in [-0.39, 0.29) is 12.4 Å². The van der Waals surface area contributed by atoms with Crippen LogP contribution in [0.5, 0.6) is 5.75 Å². The third kappa shape index (κ3) is 3.26. The molecule has 0 atom stereocenters. The zero-order chi connectivity index (χ0) is 13.7. The predicted molar refractivity (Wildman–Crippen MR) is 69.4 cm³/mol. The van der Waals surface area contributed by atoms with E-state index in [9.17, 15) is 4.39 Å². The maximum absolute atomic E-state index is 13.8. The molecule has 0 aliphatic heterocycles. The predicted octanol–water partition coefficient (Wildman–Crippen LogP) is 2.22. The van der Waals surface area contributed by atoms with Gasteiger partial charge >= 0.3 is 0 Å². The summed E-state index contributed by atoms with van der Waals surface area (Å²) in [4.78, 5) is 8.31. The first-order valence-electron chi connectivity index (χ1n) is 6.10. The van der Waals surface area contributed by atoms with Gasteiger partial charge in [0.25, 0.3) is 0 Å². The van der Waals surface area contributed by atoms with E-state index in [0.29, 0.717) is 30.1 Å². The topological polar surface area (TPSA) is 55.2 Å². The highest BCUT2D eigenvalue weighted by Crippen LogP contribution is 2.24. The van der Waals surface area contributed by atoms with Crippen molar-refractivity contribution in [2.75, 3.05) is 13.2 Å². The molecule has 19 heavy (non-hydrogen) atoms. The van der Waals surface area contributed by atoms with Crippen LogP contribution in [0.1, 0.15) is 12.7 Å². The molecule has 0 saturated heterocycles. The molecule has 4 nitrogen and oxygen atoms in total. The number of rotatable bonds is 5. The van der Waals surface area contributed by atoms with Crippen LogP contribution in [0.2, 0.25) is 0 Å². The van der Waals surface area contributed by atoms with Crippen molar-refractivity contribution in [3.63, 3.8) is 0 Å². The van der Waals surface area contributed by atoms with Gasteiger partial charge in [0, 0.05) is 18.2 Å². The van der Waals surface area contributed by atoms with Crippen molar-refractivity contribution >= 4 is 0 Å². The van der Waals surface area contributed by atoms with Gasteiger partial charge in [0.05, 0.1) is 18.9 Å². The minimum atomic E-state index is -0.415. The summed E-state index contributed by atoms with van der Waals surface area (Å²) in [5, 5.41) is 8.86. The van der Waals surface area contributed by atoms with Gasteiger partial charge in [-0.3, -0.25) is 0 Å². The Morgan fingerprint density at radius 3 is 2.84 bits per heavy atom. The van der Waals surface area contributed by atoms with Crippen molar-refractivity contribution in [1.82, 2.24) is 9.97 Å². The molecule has 2 aromatic rings. The summed E-state index contributed by atoms with van der Waals surface area (Å²) in [6.07, 6.45) is 1.98. The number of benzene rings is 1. The van der Waals surface area contributed by atoms with Gasteiger partial charge < -0.3 is 9.84 Å². The number of ether oxygens (including phenoxy) is 1. The number of hydrogen-bond donors (Lipinski definition) is 1. The molecule has 100 valence electrons. The number of nitrogens with zero attached hydrogens (tertiary/aromatic N) is 2. The van der Waals surface area contributed by atoms with Crippen molar-refractivity contribution in [3.05, 3.63) is 42.1 Å². The Morgan fingerprint density at radius 1 is 1.32 bits per heavy atom. The van der Waals surface area contributed by atoms with Gasteiger partial charge in [-0.2, -0.15) is 0 Å². The monoisotopic (exact) mass is 262 g/mol. The van der Waals surface area contributed by atoms with Crippen LogP contribution in [-0.2, 0) is 6.42 Å². The van der Waals surface area contributed by atoms with Crippen LogP contribution in [0.25, 0.3) is 11.3 Å². The Morgan fingerprint density at radius 2 is 2.16 bits per heavy atom. The van der Waals surface area contributed by atoms with Gasteiger partial charge in [-0.15, -0.1) is 0 Å². The third-order valence-electron chi connectivity index (χ3n) is 2.57. The van der Waals surface area contributed by atoms with Crippen LogP contribution in [0.4, 0.5) is 4.39 Å². The Balaban J connectivity index is 2.31. The Hall–Kier alpha value is -2.01. The fourth-order valence-electron chi connectivity index (χ4n) is 1.71. The smallest absolute Gasteiger partial charge is 0.165 e. The zero-order valence-electron chi connectivity index (χ0n) is 10.6. The van der Waals surface area contributed by atoms with Crippen LogP contribution < -0.4 is 4.74 Å². The fraction of sp³-hybridized carbons (Fsp3) is 0.286. The molecule has 1 aromatic carbocycles. The molecule has 0 aliphatic carbocycles. The van der Waals surface area contributed by atoms with Crippen molar-refractivity contribution in [2.45, 2.75) is 13.3 Å². The molecule has 0 aliphatic rings.